The van der Waals surface area contributed by atoms with Gasteiger partial charge >= 0.3 is 0 Å². The molecule has 0 aliphatic heterocycles. The second-order valence-electron chi connectivity index (χ2n) is 23.1. The Balaban J connectivity index is 0.00000656. The number of hydrogen-bond acceptors (Lipinski definition) is 2. The summed E-state index contributed by atoms with van der Waals surface area (Å²) in [5.74, 6) is 2.00. The van der Waals surface area contributed by atoms with Crippen LogP contribution in [0.5, 0.6) is 11.5 Å². The third-order valence-electron chi connectivity index (χ3n) is 14.9. The van der Waals surface area contributed by atoms with Crippen LogP contribution in [0, 0.1) is 18.5 Å². The largest absolute Gasteiger partial charge is 0.510 e. The van der Waals surface area contributed by atoms with E-state index in [0.717, 1.165) is 55.9 Å². The van der Waals surface area contributed by atoms with Gasteiger partial charge in [0.05, 0.1) is 17.1 Å². The summed E-state index contributed by atoms with van der Waals surface area (Å²) in [6.45, 7) is 27.5. The van der Waals surface area contributed by atoms with E-state index in [-0.39, 0.29) is 31.9 Å². The Labute approximate surface area is 447 Å². The zero-order valence-corrected chi connectivity index (χ0v) is 46.6. The maximum atomic E-state index is 7.13. The fourth-order valence-electron chi connectivity index (χ4n) is 10.4. The number of imidazole rings is 1. The molecule has 0 radical (unpaired) electrons. The predicted octanol–water partition coefficient (Wildman–Crippen LogP) is 16.0. The number of aromatic nitrogens is 4. The van der Waals surface area contributed by atoms with Gasteiger partial charge < -0.3 is 13.9 Å². The van der Waals surface area contributed by atoms with Gasteiger partial charge in [-0.15, -0.1) is 35.2 Å². The molecule has 0 amide bonds. The molecule has 0 N–H and O–H groups in total. The number of ether oxygens (including phenoxy) is 1. The molecule has 10 aromatic rings. The number of para-hydroxylation sites is 1. The van der Waals surface area contributed by atoms with Crippen molar-refractivity contribution in [3.05, 3.63) is 245 Å². The molecule has 0 bridgehead atoms. The smallest absolute Gasteiger partial charge is 0.267 e. The molecule has 3 aromatic heterocycles. The van der Waals surface area contributed by atoms with Gasteiger partial charge in [-0.1, -0.05) is 210 Å². The van der Waals surface area contributed by atoms with Gasteiger partial charge in [0.15, 0.2) is 0 Å². The van der Waals surface area contributed by atoms with E-state index in [0.29, 0.717) is 11.5 Å². The third-order valence-corrected chi connectivity index (χ3v) is 14.9. The SMILES string of the molecule is CC(C)(C)c1cccc(-[n+]2[c-]n(-c3[c-]c(Oc4[c-]c5c(cc4)c4ccccc4n5-c4cc(C(C)(C)C)ccn4)cc(C(C)(C)c4ccccc4)c3)c(C(C)(C)c3ccccc3)c2C(C)(C)c2ccccc2)c1.[Pt]. The van der Waals surface area contributed by atoms with E-state index in [4.69, 9.17) is 9.72 Å². The molecule has 5 nitrogen and oxygen atoms in total. The van der Waals surface area contributed by atoms with Crippen LogP contribution in [-0.4, -0.2) is 14.1 Å². The predicted molar refractivity (Wildman–Crippen MR) is 296 cm³/mol. The van der Waals surface area contributed by atoms with E-state index in [2.05, 4.69) is 285 Å². The van der Waals surface area contributed by atoms with Crippen molar-refractivity contribution in [2.75, 3.05) is 0 Å². The summed E-state index contributed by atoms with van der Waals surface area (Å²) in [6, 6.07) is 70.5. The maximum absolute atomic E-state index is 7.13. The van der Waals surface area contributed by atoms with Crippen molar-refractivity contribution in [1.29, 1.82) is 0 Å². The Morgan fingerprint density at radius 2 is 1.03 bits per heavy atom. The number of fused-ring (bicyclic) bond motifs is 3. The van der Waals surface area contributed by atoms with Gasteiger partial charge in [0.25, 0.3) is 6.33 Å². The van der Waals surface area contributed by atoms with Crippen LogP contribution >= 0.6 is 0 Å². The molecular weight excluding hydrogens is 1070 g/mol. The van der Waals surface area contributed by atoms with Crippen LogP contribution in [0.25, 0.3) is 39.0 Å². The summed E-state index contributed by atoms with van der Waals surface area (Å²) in [4.78, 5) is 4.94. The van der Waals surface area contributed by atoms with Crippen molar-refractivity contribution < 1.29 is 30.4 Å². The number of nitrogens with zero attached hydrogens (tertiary/aromatic N) is 4. The van der Waals surface area contributed by atoms with Crippen LogP contribution in [-0.2, 0) is 48.1 Å². The number of benzene rings is 7. The van der Waals surface area contributed by atoms with Crippen LogP contribution in [0.2, 0.25) is 0 Å². The van der Waals surface area contributed by atoms with Crippen molar-refractivity contribution in [3.63, 3.8) is 0 Å². The van der Waals surface area contributed by atoms with Crippen LogP contribution in [0.3, 0.4) is 0 Å². The van der Waals surface area contributed by atoms with Gasteiger partial charge in [-0.3, -0.25) is 4.57 Å². The first kappa shape index (κ1) is 51.1. The third kappa shape index (κ3) is 9.54. The minimum Gasteiger partial charge on any atom is -0.510 e. The monoisotopic (exact) mass is 1140 g/mol. The molecule has 10 rings (SSSR count). The topological polar surface area (TPSA) is 35.9 Å². The van der Waals surface area contributed by atoms with E-state index in [1.807, 2.05) is 12.3 Å². The van der Waals surface area contributed by atoms with E-state index in [1.165, 1.54) is 27.8 Å². The van der Waals surface area contributed by atoms with Crippen molar-refractivity contribution in [2.45, 2.75) is 110 Å². The van der Waals surface area contributed by atoms with Gasteiger partial charge in [0.2, 0.25) is 0 Å². The number of hydrogen-bond donors (Lipinski definition) is 0. The summed E-state index contributed by atoms with van der Waals surface area (Å²) in [6.07, 6.45) is 5.94. The van der Waals surface area contributed by atoms with Crippen molar-refractivity contribution in [2.24, 2.45) is 0 Å². The maximum Gasteiger partial charge on any atom is 0.267 e. The minimum absolute atomic E-state index is 0. The van der Waals surface area contributed by atoms with Gasteiger partial charge in [-0.2, -0.15) is 12.1 Å². The average Bonchev–Trinajstić information content (AvgIpc) is 3.95. The molecule has 372 valence electrons. The summed E-state index contributed by atoms with van der Waals surface area (Å²) in [5.41, 5.74) is 11.6. The van der Waals surface area contributed by atoms with Gasteiger partial charge in [0, 0.05) is 55.1 Å². The van der Waals surface area contributed by atoms with Crippen LogP contribution in [0.4, 0.5) is 0 Å². The molecule has 3 heterocycles. The standard InChI is InChI=1S/C67H66N4O.Pt/c1-63(2,3)49-31-24-32-52(39-49)69-45-70(62(67(11,12)48-29-20-15-21-30-48)61(69)66(9,10)47-27-18-14-19-28-47)53-40-51(65(7,8)46-25-16-13-17-26-46)41-55(43-53)72-54-35-36-57-56-33-22-23-34-58(56)71(59(57)44-54)60-42-50(37-38-68-60)64(4,5)6;/h13-42H,1-12H3;/q-2;. The van der Waals surface area contributed by atoms with E-state index >= 15 is 0 Å². The molecule has 0 fully saturated rings. The summed E-state index contributed by atoms with van der Waals surface area (Å²) < 4.78 is 13.9. The van der Waals surface area contributed by atoms with Crippen molar-refractivity contribution >= 4 is 21.8 Å². The van der Waals surface area contributed by atoms with Crippen LogP contribution in [0.1, 0.15) is 128 Å². The molecule has 73 heavy (non-hydrogen) atoms. The van der Waals surface area contributed by atoms with E-state index < -0.39 is 16.2 Å². The minimum atomic E-state index is -0.531. The van der Waals surface area contributed by atoms with E-state index in [9.17, 15) is 0 Å². The second-order valence-corrected chi connectivity index (χ2v) is 23.1. The molecule has 0 spiro atoms. The molecule has 0 saturated carbocycles. The Bertz CT molecular complexity index is 3590. The first-order chi connectivity index (χ1) is 34.2. The molecule has 6 heteroatoms. The summed E-state index contributed by atoms with van der Waals surface area (Å²) in [5, 5.41) is 2.21. The Morgan fingerprint density at radius 1 is 0.466 bits per heavy atom. The quantitative estimate of drug-likeness (QED) is 0.0956. The second kappa shape index (κ2) is 19.2. The molecule has 0 aliphatic carbocycles. The number of rotatable bonds is 11. The first-order valence-electron chi connectivity index (χ1n) is 25.3. The average molecular weight is 1140 g/mol. The Kier molecular flexibility index (Phi) is 13.5. The Morgan fingerprint density at radius 3 is 1.66 bits per heavy atom. The van der Waals surface area contributed by atoms with Crippen LogP contribution in [0.15, 0.2) is 182 Å². The van der Waals surface area contributed by atoms with E-state index in [1.54, 1.807) is 0 Å². The van der Waals surface area contributed by atoms with Gasteiger partial charge in [-0.25, -0.2) is 4.98 Å². The van der Waals surface area contributed by atoms with Gasteiger partial charge in [-0.05, 0) is 85.5 Å². The fourth-order valence-corrected chi connectivity index (χ4v) is 10.4. The summed E-state index contributed by atoms with van der Waals surface area (Å²) >= 11 is 0. The van der Waals surface area contributed by atoms with Crippen LogP contribution < -0.4 is 9.30 Å². The zero-order valence-electron chi connectivity index (χ0n) is 44.3. The number of pyridine rings is 1. The fraction of sp³-hybridized carbons (Fsp3) is 0.254. The normalized spacial score (nSPS) is 12.5. The van der Waals surface area contributed by atoms with Crippen molar-refractivity contribution in [1.82, 2.24) is 14.1 Å². The zero-order chi connectivity index (χ0) is 50.8. The first-order valence-corrected chi connectivity index (χ1v) is 25.3. The molecular formula is C67H66N4OPt-2. The molecule has 0 unspecified atom stereocenters. The Hall–Kier alpha value is -6.81. The molecule has 0 aliphatic rings. The van der Waals surface area contributed by atoms with Gasteiger partial charge in [0.1, 0.15) is 5.82 Å². The molecule has 7 aromatic carbocycles. The van der Waals surface area contributed by atoms with Crippen molar-refractivity contribution in [3.8, 4) is 28.7 Å². The molecule has 0 atom stereocenters. The molecule has 0 saturated heterocycles. The summed E-state index contributed by atoms with van der Waals surface area (Å²) in [7, 11) is 0.